The van der Waals surface area contributed by atoms with E-state index < -0.39 is 6.03 Å². The van der Waals surface area contributed by atoms with Crippen LogP contribution in [0.1, 0.15) is 0 Å². The summed E-state index contributed by atoms with van der Waals surface area (Å²) in [6.07, 6.45) is 0. The summed E-state index contributed by atoms with van der Waals surface area (Å²) < 4.78 is 10.6. The third-order valence-corrected chi connectivity index (χ3v) is 2.98. The molecule has 0 saturated heterocycles. The molecule has 0 aliphatic rings. The average Bonchev–Trinajstić information content (AvgIpc) is 2.50. The van der Waals surface area contributed by atoms with Gasteiger partial charge < -0.3 is 20.1 Å². The number of halogens is 1. The summed E-state index contributed by atoms with van der Waals surface area (Å²) >= 11 is 5.95. The second-order valence-electron chi connectivity index (χ2n) is 4.05. The SMILES string of the molecule is COc1ccccc1OCNC(=O)Nc1ccccc1Cl. The predicted molar refractivity (Wildman–Crippen MR) is 82.1 cm³/mol. The summed E-state index contributed by atoms with van der Waals surface area (Å²) in [4.78, 5) is 11.7. The summed E-state index contributed by atoms with van der Waals surface area (Å²) in [7, 11) is 1.56. The number of methoxy groups -OCH3 is 1. The molecule has 0 aliphatic heterocycles. The maximum Gasteiger partial charge on any atom is 0.321 e. The zero-order valence-corrected chi connectivity index (χ0v) is 12.2. The van der Waals surface area contributed by atoms with Gasteiger partial charge in [0.05, 0.1) is 17.8 Å². The lowest BCUT2D eigenvalue weighted by atomic mass is 10.3. The van der Waals surface area contributed by atoms with Crippen LogP contribution in [-0.4, -0.2) is 19.9 Å². The van der Waals surface area contributed by atoms with Crippen molar-refractivity contribution in [3.63, 3.8) is 0 Å². The number of rotatable bonds is 5. The summed E-state index contributed by atoms with van der Waals surface area (Å²) in [5, 5.41) is 5.67. The van der Waals surface area contributed by atoms with Gasteiger partial charge in [-0.25, -0.2) is 4.79 Å². The van der Waals surface area contributed by atoms with Crippen molar-refractivity contribution in [3.05, 3.63) is 53.6 Å². The van der Waals surface area contributed by atoms with E-state index >= 15 is 0 Å². The van der Waals surface area contributed by atoms with Crippen molar-refractivity contribution in [3.8, 4) is 11.5 Å². The Morgan fingerprint density at radius 1 is 1.10 bits per heavy atom. The quantitative estimate of drug-likeness (QED) is 0.831. The standard InChI is InChI=1S/C15H15ClN2O3/c1-20-13-8-4-5-9-14(13)21-10-17-15(19)18-12-7-3-2-6-11(12)16/h2-9H,10H2,1H3,(H2,17,18,19). The molecule has 0 bridgehead atoms. The molecule has 2 aromatic rings. The zero-order chi connectivity index (χ0) is 15.1. The third kappa shape index (κ3) is 4.29. The minimum atomic E-state index is -0.405. The predicted octanol–water partition coefficient (Wildman–Crippen LogP) is 3.51. The normalized spacial score (nSPS) is 9.81. The monoisotopic (exact) mass is 306 g/mol. The van der Waals surface area contributed by atoms with Crippen LogP contribution in [0.5, 0.6) is 11.5 Å². The second kappa shape index (κ2) is 7.40. The van der Waals surface area contributed by atoms with Gasteiger partial charge in [0.15, 0.2) is 18.2 Å². The summed E-state index contributed by atoms with van der Waals surface area (Å²) in [6, 6.07) is 13.8. The third-order valence-electron chi connectivity index (χ3n) is 2.65. The lowest BCUT2D eigenvalue weighted by Crippen LogP contribution is -2.32. The Morgan fingerprint density at radius 3 is 2.48 bits per heavy atom. The number of benzene rings is 2. The van der Waals surface area contributed by atoms with Gasteiger partial charge >= 0.3 is 6.03 Å². The van der Waals surface area contributed by atoms with Crippen LogP contribution in [0.25, 0.3) is 0 Å². The molecule has 0 radical (unpaired) electrons. The topological polar surface area (TPSA) is 59.6 Å². The molecule has 5 nitrogen and oxygen atoms in total. The fourth-order valence-electron chi connectivity index (χ4n) is 1.65. The first-order valence-corrected chi connectivity index (χ1v) is 6.63. The van der Waals surface area contributed by atoms with Crippen molar-refractivity contribution in [2.24, 2.45) is 0 Å². The van der Waals surface area contributed by atoms with E-state index in [0.29, 0.717) is 22.2 Å². The average molecular weight is 307 g/mol. The van der Waals surface area contributed by atoms with Crippen LogP contribution in [0.15, 0.2) is 48.5 Å². The fraction of sp³-hybridized carbons (Fsp3) is 0.133. The number of para-hydroxylation sites is 3. The molecular formula is C15H15ClN2O3. The number of carbonyl (C=O) groups excluding carboxylic acids is 1. The van der Waals surface area contributed by atoms with Crippen LogP contribution >= 0.6 is 11.6 Å². The molecule has 0 fully saturated rings. The van der Waals surface area contributed by atoms with Gasteiger partial charge in [-0.05, 0) is 24.3 Å². The van der Waals surface area contributed by atoms with Gasteiger partial charge in [0.25, 0.3) is 0 Å². The van der Waals surface area contributed by atoms with E-state index in [1.165, 1.54) is 0 Å². The molecule has 110 valence electrons. The number of hydrogen-bond donors (Lipinski definition) is 2. The number of hydrogen-bond acceptors (Lipinski definition) is 3. The van der Waals surface area contributed by atoms with E-state index in [0.717, 1.165) is 0 Å². The number of carbonyl (C=O) groups is 1. The van der Waals surface area contributed by atoms with E-state index in [9.17, 15) is 4.79 Å². The minimum Gasteiger partial charge on any atom is -0.493 e. The summed E-state index contributed by atoms with van der Waals surface area (Å²) in [5.74, 6) is 1.16. The first-order valence-electron chi connectivity index (χ1n) is 6.26. The van der Waals surface area contributed by atoms with Gasteiger partial charge in [-0.2, -0.15) is 0 Å². The van der Waals surface area contributed by atoms with Crippen molar-refractivity contribution in [1.82, 2.24) is 5.32 Å². The highest BCUT2D eigenvalue weighted by Gasteiger charge is 2.06. The number of nitrogens with one attached hydrogen (secondary N) is 2. The van der Waals surface area contributed by atoms with Crippen LogP contribution in [0, 0.1) is 0 Å². The maximum absolute atomic E-state index is 11.7. The van der Waals surface area contributed by atoms with Crippen LogP contribution in [0.4, 0.5) is 10.5 Å². The van der Waals surface area contributed by atoms with Crippen molar-refractivity contribution in [2.75, 3.05) is 19.2 Å². The van der Waals surface area contributed by atoms with Crippen molar-refractivity contribution in [2.45, 2.75) is 0 Å². The molecule has 0 spiro atoms. The van der Waals surface area contributed by atoms with Crippen LogP contribution in [-0.2, 0) is 0 Å². The summed E-state index contributed by atoms with van der Waals surface area (Å²) in [6.45, 7) is 0.0106. The molecule has 0 heterocycles. The Kier molecular flexibility index (Phi) is 5.29. The largest absolute Gasteiger partial charge is 0.493 e. The molecule has 0 aromatic heterocycles. The van der Waals surface area contributed by atoms with Crippen molar-refractivity contribution in [1.29, 1.82) is 0 Å². The first-order chi connectivity index (χ1) is 10.2. The van der Waals surface area contributed by atoms with E-state index in [1.807, 2.05) is 12.1 Å². The molecule has 21 heavy (non-hydrogen) atoms. The van der Waals surface area contributed by atoms with Crippen LogP contribution in [0.2, 0.25) is 5.02 Å². The van der Waals surface area contributed by atoms with Crippen molar-refractivity contribution < 1.29 is 14.3 Å². The number of ether oxygens (including phenoxy) is 2. The van der Waals surface area contributed by atoms with Gasteiger partial charge in [-0.1, -0.05) is 35.9 Å². The van der Waals surface area contributed by atoms with E-state index in [4.69, 9.17) is 21.1 Å². The molecule has 0 atom stereocenters. The van der Waals surface area contributed by atoms with Gasteiger partial charge in [-0.15, -0.1) is 0 Å². The Bertz CT molecular complexity index is 619. The molecular weight excluding hydrogens is 292 g/mol. The second-order valence-corrected chi connectivity index (χ2v) is 4.46. The fourth-order valence-corrected chi connectivity index (χ4v) is 1.83. The van der Waals surface area contributed by atoms with Gasteiger partial charge in [-0.3, -0.25) is 0 Å². The van der Waals surface area contributed by atoms with E-state index in [1.54, 1.807) is 43.5 Å². The molecule has 6 heteroatoms. The van der Waals surface area contributed by atoms with Gasteiger partial charge in [0, 0.05) is 0 Å². The highest BCUT2D eigenvalue weighted by molar-refractivity contribution is 6.33. The highest BCUT2D eigenvalue weighted by Crippen LogP contribution is 2.25. The number of amides is 2. The molecule has 2 amide bonds. The Balaban J connectivity index is 1.83. The Hall–Kier alpha value is -2.40. The molecule has 2 rings (SSSR count). The molecule has 0 saturated carbocycles. The lowest BCUT2D eigenvalue weighted by molar-refractivity contribution is 0.231. The lowest BCUT2D eigenvalue weighted by Gasteiger charge is -2.12. The molecule has 0 aliphatic carbocycles. The van der Waals surface area contributed by atoms with Crippen molar-refractivity contribution >= 4 is 23.3 Å². The Labute approximate surface area is 127 Å². The zero-order valence-electron chi connectivity index (χ0n) is 11.4. The van der Waals surface area contributed by atoms with Gasteiger partial charge in [0.1, 0.15) is 0 Å². The highest BCUT2D eigenvalue weighted by atomic mass is 35.5. The smallest absolute Gasteiger partial charge is 0.321 e. The minimum absolute atomic E-state index is 0.0106. The van der Waals surface area contributed by atoms with E-state index in [-0.39, 0.29) is 6.73 Å². The van der Waals surface area contributed by atoms with Crippen LogP contribution < -0.4 is 20.1 Å². The maximum atomic E-state index is 11.7. The number of urea groups is 1. The summed E-state index contributed by atoms with van der Waals surface area (Å²) in [5.41, 5.74) is 0.536. The number of anilines is 1. The first kappa shape index (κ1) is 15.0. The molecule has 0 unspecified atom stereocenters. The molecule has 2 N–H and O–H groups in total. The van der Waals surface area contributed by atoms with Crippen LogP contribution in [0.3, 0.4) is 0 Å². The molecule has 2 aromatic carbocycles. The Morgan fingerprint density at radius 2 is 1.76 bits per heavy atom. The van der Waals surface area contributed by atoms with E-state index in [2.05, 4.69) is 10.6 Å². The van der Waals surface area contributed by atoms with Gasteiger partial charge in [0.2, 0.25) is 0 Å².